The summed E-state index contributed by atoms with van der Waals surface area (Å²) in [5, 5.41) is 3.99. The van der Waals surface area contributed by atoms with Gasteiger partial charge in [0.25, 0.3) is 0 Å². The van der Waals surface area contributed by atoms with Crippen LogP contribution in [0.5, 0.6) is 0 Å². The molecule has 1 aliphatic heterocycles. The molecule has 2 rings (SSSR count). The minimum absolute atomic E-state index is 0.436. The van der Waals surface area contributed by atoms with Crippen LogP contribution in [0.4, 0.5) is 0 Å². The Kier molecular flexibility index (Phi) is 5.36. The van der Waals surface area contributed by atoms with E-state index in [2.05, 4.69) is 10.2 Å². The van der Waals surface area contributed by atoms with Gasteiger partial charge in [-0.1, -0.05) is 0 Å². The maximum atomic E-state index is 6.09. The van der Waals surface area contributed by atoms with Crippen LogP contribution in [0.3, 0.4) is 0 Å². The van der Waals surface area contributed by atoms with Crippen LogP contribution in [0.1, 0.15) is 19.3 Å². The molecular formula is C12H23ClN2O. The molecule has 3 nitrogen and oxygen atoms in total. The van der Waals surface area contributed by atoms with Gasteiger partial charge in [-0.3, -0.25) is 4.90 Å². The lowest BCUT2D eigenvalue weighted by Crippen LogP contribution is -2.40. The van der Waals surface area contributed by atoms with Crippen LogP contribution in [-0.2, 0) is 4.74 Å². The molecule has 4 heteroatoms. The number of alkyl halides is 1. The van der Waals surface area contributed by atoms with E-state index >= 15 is 0 Å². The molecule has 0 radical (unpaired) electrons. The summed E-state index contributed by atoms with van der Waals surface area (Å²) in [5.74, 6) is 0.812. The lowest BCUT2D eigenvalue weighted by Gasteiger charge is -2.26. The second-order valence-electron chi connectivity index (χ2n) is 4.93. The van der Waals surface area contributed by atoms with Gasteiger partial charge in [-0.15, -0.1) is 11.6 Å². The van der Waals surface area contributed by atoms with Gasteiger partial charge in [-0.05, 0) is 31.7 Å². The lowest BCUT2D eigenvalue weighted by molar-refractivity contribution is 0.0383. The van der Waals surface area contributed by atoms with E-state index in [9.17, 15) is 0 Å². The van der Waals surface area contributed by atoms with Crippen molar-refractivity contribution >= 4 is 11.6 Å². The van der Waals surface area contributed by atoms with E-state index in [1.807, 2.05) is 0 Å². The highest BCUT2D eigenvalue weighted by Gasteiger charge is 2.22. The first-order valence-corrected chi connectivity index (χ1v) is 6.93. The predicted molar refractivity (Wildman–Crippen MR) is 67.1 cm³/mol. The first kappa shape index (κ1) is 12.6. The fourth-order valence-corrected chi connectivity index (χ4v) is 2.95. The SMILES string of the molecule is ClC1CCC(CNCCN2CCOCC2)C1. The number of nitrogens with one attached hydrogen (secondary N) is 1. The summed E-state index contributed by atoms with van der Waals surface area (Å²) in [6.45, 7) is 7.38. The topological polar surface area (TPSA) is 24.5 Å². The van der Waals surface area contributed by atoms with Crippen LogP contribution < -0.4 is 5.32 Å². The highest BCUT2D eigenvalue weighted by Crippen LogP contribution is 2.28. The van der Waals surface area contributed by atoms with Gasteiger partial charge in [-0.2, -0.15) is 0 Å². The Bertz CT molecular complexity index is 191. The summed E-state index contributed by atoms with van der Waals surface area (Å²) < 4.78 is 5.32. The second-order valence-corrected chi connectivity index (χ2v) is 5.55. The third kappa shape index (κ3) is 4.21. The van der Waals surface area contributed by atoms with Crippen molar-refractivity contribution in [3.8, 4) is 0 Å². The molecule has 94 valence electrons. The first-order chi connectivity index (χ1) is 7.84. The summed E-state index contributed by atoms with van der Waals surface area (Å²) in [4.78, 5) is 2.47. The van der Waals surface area contributed by atoms with Crippen molar-refractivity contribution in [1.29, 1.82) is 0 Å². The molecule has 0 spiro atoms. The molecule has 16 heavy (non-hydrogen) atoms. The summed E-state index contributed by atoms with van der Waals surface area (Å²) in [7, 11) is 0. The van der Waals surface area contributed by atoms with E-state index in [1.54, 1.807) is 0 Å². The molecule has 2 fully saturated rings. The van der Waals surface area contributed by atoms with Crippen LogP contribution in [0.2, 0.25) is 0 Å². The van der Waals surface area contributed by atoms with Crippen molar-refractivity contribution < 1.29 is 4.74 Å². The van der Waals surface area contributed by atoms with Gasteiger partial charge >= 0.3 is 0 Å². The Labute approximate surface area is 103 Å². The van der Waals surface area contributed by atoms with Crippen molar-refractivity contribution in [3.63, 3.8) is 0 Å². The van der Waals surface area contributed by atoms with Crippen LogP contribution in [0.25, 0.3) is 0 Å². The third-order valence-corrected chi connectivity index (χ3v) is 4.02. The van der Waals surface area contributed by atoms with Crippen LogP contribution in [0.15, 0.2) is 0 Å². The average molecular weight is 247 g/mol. The van der Waals surface area contributed by atoms with Crippen molar-refractivity contribution in [3.05, 3.63) is 0 Å². The molecule has 0 aromatic heterocycles. The fraction of sp³-hybridized carbons (Fsp3) is 1.00. The Balaban J connectivity index is 1.48. The van der Waals surface area contributed by atoms with E-state index in [4.69, 9.17) is 16.3 Å². The highest BCUT2D eigenvalue weighted by molar-refractivity contribution is 6.20. The Morgan fingerprint density at radius 2 is 2.06 bits per heavy atom. The molecule has 1 saturated heterocycles. The number of hydrogen-bond donors (Lipinski definition) is 1. The number of rotatable bonds is 5. The smallest absolute Gasteiger partial charge is 0.0594 e. The van der Waals surface area contributed by atoms with E-state index in [0.29, 0.717) is 5.38 Å². The third-order valence-electron chi connectivity index (χ3n) is 3.62. The average Bonchev–Trinajstić information content (AvgIpc) is 2.72. The van der Waals surface area contributed by atoms with Gasteiger partial charge in [0.05, 0.1) is 13.2 Å². The summed E-state index contributed by atoms with van der Waals surface area (Å²) in [6.07, 6.45) is 3.71. The standard InChI is InChI=1S/C12H23ClN2O/c13-12-2-1-11(9-12)10-14-3-4-15-5-7-16-8-6-15/h11-12,14H,1-10H2. The molecule has 0 amide bonds. The summed E-state index contributed by atoms with van der Waals surface area (Å²) in [6, 6.07) is 0. The Hall–Kier alpha value is 0.170. The van der Waals surface area contributed by atoms with Crippen molar-refractivity contribution in [2.24, 2.45) is 5.92 Å². The zero-order valence-corrected chi connectivity index (χ0v) is 10.7. The molecule has 1 heterocycles. The summed E-state index contributed by atoms with van der Waals surface area (Å²) in [5.41, 5.74) is 0. The minimum atomic E-state index is 0.436. The molecule has 2 aliphatic rings. The Morgan fingerprint density at radius 1 is 1.25 bits per heavy atom. The van der Waals surface area contributed by atoms with Crippen molar-refractivity contribution in [2.45, 2.75) is 24.6 Å². The van der Waals surface area contributed by atoms with E-state index in [-0.39, 0.29) is 0 Å². The summed E-state index contributed by atoms with van der Waals surface area (Å²) >= 11 is 6.09. The number of hydrogen-bond acceptors (Lipinski definition) is 3. The number of halogens is 1. The zero-order valence-electron chi connectivity index (χ0n) is 9.96. The molecular weight excluding hydrogens is 224 g/mol. The van der Waals surface area contributed by atoms with Crippen LogP contribution in [-0.4, -0.2) is 56.2 Å². The lowest BCUT2D eigenvalue weighted by atomic mass is 10.1. The molecule has 0 bridgehead atoms. The number of nitrogens with zero attached hydrogens (tertiary/aromatic N) is 1. The Morgan fingerprint density at radius 3 is 2.75 bits per heavy atom. The monoisotopic (exact) mass is 246 g/mol. The molecule has 2 atom stereocenters. The molecule has 2 unspecified atom stereocenters. The van der Waals surface area contributed by atoms with Crippen molar-refractivity contribution in [1.82, 2.24) is 10.2 Å². The maximum absolute atomic E-state index is 6.09. The maximum Gasteiger partial charge on any atom is 0.0594 e. The van der Waals surface area contributed by atoms with Crippen LogP contribution in [0, 0.1) is 5.92 Å². The van der Waals surface area contributed by atoms with Gasteiger partial charge in [-0.25, -0.2) is 0 Å². The molecule has 1 saturated carbocycles. The molecule has 0 aromatic carbocycles. The number of ether oxygens (including phenoxy) is 1. The largest absolute Gasteiger partial charge is 0.379 e. The molecule has 1 aliphatic carbocycles. The minimum Gasteiger partial charge on any atom is -0.379 e. The van der Waals surface area contributed by atoms with Gasteiger partial charge in [0.2, 0.25) is 0 Å². The van der Waals surface area contributed by atoms with E-state index in [0.717, 1.165) is 51.9 Å². The molecule has 0 aromatic rings. The zero-order chi connectivity index (χ0) is 11.2. The molecule has 1 N–H and O–H groups in total. The fourth-order valence-electron chi connectivity index (χ4n) is 2.57. The quantitative estimate of drug-likeness (QED) is 0.585. The van der Waals surface area contributed by atoms with Gasteiger partial charge in [0.15, 0.2) is 0 Å². The van der Waals surface area contributed by atoms with Gasteiger partial charge in [0, 0.05) is 31.6 Å². The van der Waals surface area contributed by atoms with Crippen molar-refractivity contribution in [2.75, 3.05) is 45.9 Å². The highest BCUT2D eigenvalue weighted by atomic mass is 35.5. The first-order valence-electron chi connectivity index (χ1n) is 6.49. The predicted octanol–water partition coefficient (Wildman–Crippen LogP) is 1.32. The van der Waals surface area contributed by atoms with E-state index < -0.39 is 0 Å². The second kappa shape index (κ2) is 6.80. The van der Waals surface area contributed by atoms with Crippen LogP contribution >= 0.6 is 11.6 Å². The van der Waals surface area contributed by atoms with Gasteiger partial charge in [0.1, 0.15) is 0 Å². The van der Waals surface area contributed by atoms with E-state index in [1.165, 1.54) is 19.3 Å². The normalized spacial score (nSPS) is 32.1. The number of morpholine rings is 1. The van der Waals surface area contributed by atoms with Gasteiger partial charge < -0.3 is 10.1 Å².